The Bertz CT molecular complexity index is 3200. The van der Waals surface area contributed by atoms with Crippen molar-refractivity contribution in [2.24, 2.45) is 0 Å². The third-order valence-corrected chi connectivity index (χ3v) is 12.3. The van der Waals surface area contributed by atoms with E-state index in [-0.39, 0.29) is 0 Å². The standard InChI is InChI=1S/C54H35NOS/c1-3-10-36(11-4-1)37-18-20-38(21-19-37)39-22-27-43(28-23-39)55(45-31-33-53-50(35-45)47-14-7-8-17-52(47)57-53)44-29-24-40(25-30-44)42-26-32-51-49(34-42)48-16-9-15-46(54(48)56-51)41-12-5-2-6-13-41/h1-35H. The summed E-state index contributed by atoms with van der Waals surface area (Å²) in [4.78, 5) is 2.37. The van der Waals surface area contributed by atoms with Gasteiger partial charge in [-0.1, -0.05) is 152 Å². The van der Waals surface area contributed by atoms with Gasteiger partial charge in [-0.2, -0.15) is 0 Å². The van der Waals surface area contributed by atoms with Gasteiger partial charge in [0.1, 0.15) is 11.2 Å². The summed E-state index contributed by atoms with van der Waals surface area (Å²) in [6.07, 6.45) is 0. The van der Waals surface area contributed by atoms with Crippen LogP contribution in [0.2, 0.25) is 0 Å². The average Bonchev–Trinajstić information content (AvgIpc) is 3.86. The molecule has 0 N–H and O–H groups in total. The Labute approximate surface area is 335 Å². The van der Waals surface area contributed by atoms with Crippen LogP contribution in [-0.4, -0.2) is 0 Å². The maximum atomic E-state index is 6.48. The predicted octanol–water partition coefficient (Wildman–Crippen LogP) is 16.1. The van der Waals surface area contributed by atoms with E-state index in [0.717, 1.165) is 61.3 Å². The minimum absolute atomic E-state index is 0.895. The lowest BCUT2D eigenvalue weighted by atomic mass is 9.99. The number of hydrogen-bond acceptors (Lipinski definition) is 3. The molecular formula is C54H35NOS. The molecule has 9 aromatic carbocycles. The first-order chi connectivity index (χ1) is 28.2. The van der Waals surface area contributed by atoms with E-state index in [9.17, 15) is 0 Å². The summed E-state index contributed by atoms with van der Waals surface area (Å²) in [6, 6.07) is 76.3. The molecule has 0 aliphatic rings. The van der Waals surface area contributed by atoms with Gasteiger partial charge < -0.3 is 9.32 Å². The fourth-order valence-corrected chi connectivity index (χ4v) is 9.30. The SMILES string of the molecule is c1ccc(-c2ccc(-c3ccc(N(c4ccc(-c5ccc6oc7c(-c8ccccc8)cccc7c6c5)cc4)c4ccc5sc6ccccc6c5c4)cc3)cc2)cc1. The van der Waals surface area contributed by atoms with Gasteiger partial charge >= 0.3 is 0 Å². The van der Waals surface area contributed by atoms with Crippen LogP contribution < -0.4 is 4.90 Å². The second-order valence-electron chi connectivity index (χ2n) is 14.5. The Balaban J connectivity index is 0.967. The van der Waals surface area contributed by atoms with Crippen molar-refractivity contribution >= 4 is 70.5 Å². The lowest BCUT2D eigenvalue weighted by Gasteiger charge is -2.26. The molecule has 0 spiro atoms. The topological polar surface area (TPSA) is 16.4 Å². The van der Waals surface area contributed by atoms with Crippen LogP contribution in [0.25, 0.3) is 86.6 Å². The smallest absolute Gasteiger partial charge is 0.143 e. The average molecular weight is 746 g/mol. The van der Waals surface area contributed by atoms with E-state index in [1.807, 2.05) is 17.4 Å². The largest absolute Gasteiger partial charge is 0.455 e. The van der Waals surface area contributed by atoms with Crippen molar-refractivity contribution in [3.8, 4) is 44.5 Å². The molecule has 0 saturated heterocycles. The molecule has 57 heavy (non-hydrogen) atoms. The monoisotopic (exact) mass is 745 g/mol. The van der Waals surface area contributed by atoms with Crippen LogP contribution in [0.3, 0.4) is 0 Å². The number of furan rings is 1. The number of anilines is 3. The summed E-state index contributed by atoms with van der Waals surface area (Å²) in [5.74, 6) is 0. The third-order valence-electron chi connectivity index (χ3n) is 11.1. The summed E-state index contributed by atoms with van der Waals surface area (Å²) in [7, 11) is 0. The minimum Gasteiger partial charge on any atom is -0.455 e. The highest BCUT2D eigenvalue weighted by Crippen LogP contribution is 2.42. The Kier molecular flexibility index (Phi) is 8.04. The number of rotatable bonds is 7. The first kappa shape index (κ1) is 33.2. The molecule has 0 saturated carbocycles. The zero-order valence-corrected chi connectivity index (χ0v) is 31.8. The van der Waals surface area contributed by atoms with Crippen molar-refractivity contribution in [1.29, 1.82) is 0 Å². The van der Waals surface area contributed by atoms with Crippen LogP contribution in [0, 0.1) is 0 Å². The van der Waals surface area contributed by atoms with Crippen molar-refractivity contribution in [1.82, 2.24) is 0 Å². The predicted molar refractivity (Wildman–Crippen MR) is 243 cm³/mol. The first-order valence-corrected chi connectivity index (χ1v) is 20.1. The van der Waals surface area contributed by atoms with Crippen molar-refractivity contribution in [2.45, 2.75) is 0 Å². The van der Waals surface area contributed by atoms with Crippen molar-refractivity contribution in [2.75, 3.05) is 4.90 Å². The zero-order valence-electron chi connectivity index (χ0n) is 31.0. The van der Waals surface area contributed by atoms with Crippen LogP contribution in [-0.2, 0) is 0 Å². The molecular weight excluding hydrogens is 711 g/mol. The number of thiophene rings is 1. The highest BCUT2D eigenvalue weighted by Gasteiger charge is 2.17. The van der Waals surface area contributed by atoms with Crippen molar-refractivity contribution in [3.05, 3.63) is 212 Å². The molecule has 3 heteroatoms. The molecule has 11 rings (SSSR count). The van der Waals surface area contributed by atoms with E-state index >= 15 is 0 Å². The van der Waals surface area contributed by atoms with Crippen LogP contribution in [0.5, 0.6) is 0 Å². The second kappa shape index (κ2) is 13.8. The Morgan fingerprint density at radius 2 is 0.825 bits per heavy atom. The Morgan fingerprint density at radius 1 is 0.316 bits per heavy atom. The van der Waals surface area contributed by atoms with E-state index in [4.69, 9.17) is 4.42 Å². The summed E-state index contributed by atoms with van der Waals surface area (Å²) in [5, 5.41) is 4.82. The zero-order chi connectivity index (χ0) is 37.7. The van der Waals surface area contributed by atoms with Gasteiger partial charge in [0.25, 0.3) is 0 Å². The minimum atomic E-state index is 0.895. The number of nitrogens with zero attached hydrogens (tertiary/aromatic N) is 1. The molecule has 0 bridgehead atoms. The fraction of sp³-hybridized carbons (Fsp3) is 0. The molecule has 0 aliphatic heterocycles. The molecule has 0 radical (unpaired) electrons. The van der Waals surface area contributed by atoms with Gasteiger partial charge in [0, 0.05) is 53.6 Å². The van der Waals surface area contributed by atoms with E-state index < -0.39 is 0 Å². The van der Waals surface area contributed by atoms with Crippen molar-refractivity contribution in [3.63, 3.8) is 0 Å². The molecule has 0 unspecified atom stereocenters. The van der Waals surface area contributed by atoms with Gasteiger partial charge in [-0.25, -0.2) is 0 Å². The molecule has 11 aromatic rings. The van der Waals surface area contributed by atoms with Gasteiger partial charge in [-0.15, -0.1) is 11.3 Å². The van der Waals surface area contributed by atoms with Gasteiger partial charge in [-0.3, -0.25) is 0 Å². The van der Waals surface area contributed by atoms with E-state index in [2.05, 4.69) is 211 Å². The lowest BCUT2D eigenvalue weighted by Crippen LogP contribution is -2.09. The first-order valence-electron chi connectivity index (χ1n) is 19.3. The van der Waals surface area contributed by atoms with Crippen molar-refractivity contribution < 1.29 is 4.42 Å². The Morgan fingerprint density at radius 3 is 1.51 bits per heavy atom. The van der Waals surface area contributed by atoms with Gasteiger partial charge in [0.05, 0.1) is 0 Å². The normalized spacial score (nSPS) is 11.5. The number of hydrogen-bond donors (Lipinski definition) is 0. The lowest BCUT2D eigenvalue weighted by molar-refractivity contribution is 0.670. The number of para-hydroxylation sites is 1. The second-order valence-corrected chi connectivity index (χ2v) is 15.6. The van der Waals surface area contributed by atoms with Crippen LogP contribution in [0.4, 0.5) is 17.1 Å². The maximum absolute atomic E-state index is 6.48. The van der Waals surface area contributed by atoms with Gasteiger partial charge in [0.15, 0.2) is 0 Å². The number of fused-ring (bicyclic) bond motifs is 6. The molecule has 0 aliphatic carbocycles. The summed E-state index contributed by atoms with van der Waals surface area (Å²) in [6.45, 7) is 0. The molecule has 0 atom stereocenters. The highest BCUT2D eigenvalue weighted by molar-refractivity contribution is 7.25. The maximum Gasteiger partial charge on any atom is 0.143 e. The Hall–Kier alpha value is -7.20. The summed E-state index contributed by atoms with van der Waals surface area (Å²) < 4.78 is 9.08. The quantitative estimate of drug-likeness (QED) is 0.162. The molecule has 2 nitrogen and oxygen atoms in total. The van der Waals surface area contributed by atoms with E-state index in [1.165, 1.54) is 42.4 Å². The molecule has 0 fully saturated rings. The number of benzene rings is 9. The molecule has 2 aromatic heterocycles. The fourth-order valence-electron chi connectivity index (χ4n) is 8.22. The summed E-state index contributed by atoms with van der Waals surface area (Å²) >= 11 is 1.85. The van der Waals surface area contributed by atoms with E-state index in [0.29, 0.717) is 0 Å². The molecule has 0 amide bonds. The van der Waals surface area contributed by atoms with Crippen LogP contribution >= 0.6 is 11.3 Å². The third kappa shape index (κ3) is 5.97. The van der Waals surface area contributed by atoms with Crippen LogP contribution in [0.1, 0.15) is 0 Å². The highest BCUT2D eigenvalue weighted by atomic mass is 32.1. The van der Waals surface area contributed by atoms with Crippen LogP contribution in [0.15, 0.2) is 217 Å². The van der Waals surface area contributed by atoms with Gasteiger partial charge in [-0.05, 0) is 99.6 Å². The summed E-state index contributed by atoms with van der Waals surface area (Å²) in [5.41, 5.74) is 14.5. The molecule has 268 valence electrons. The molecule has 2 heterocycles. The van der Waals surface area contributed by atoms with E-state index in [1.54, 1.807) is 0 Å². The van der Waals surface area contributed by atoms with Gasteiger partial charge in [0.2, 0.25) is 0 Å².